The maximum absolute atomic E-state index is 13.7. The van der Waals surface area contributed by atoms with Crippen LogP contribution < -0.4 is 19.5 Å². The molecule has 11 nitrogen and oxygen atoms in total. The molecule has 0 aliphatic heterocycles. The van der Waals surface area contributed by atoms with Crippen molar-refractivity contribution >= 4 is 32.3 Å². The Bertz CT molecular complexity index is 1650. The summed E-state index contributed by atoms with van der Waals surface area (Å²) in [5, 5.41) is 15.5. The summed E-state index contributed by atoms with van der Waals surface area (Å²) < 4.78 is 45.0. The van der Waals surface area contributed by atoms with Gasteiger partial charge in [0.2, 0.25) is 10.0 Å². The number of hydrogen-bond donors (Lipinski definition) is 1. The zero-order valence-electron chi connectivity index (χ0n) is 23.9. The van der Waals surface area contributed by atoms with Gasteiger partial charge in [0.15, 0.2) is 11.5 Å². The first kappa shape index (κ1) is 30.5. The van der Waals surface area contributed by atoms with E-state index in [0.717, 1.165) is 16.6 Å². The van der Waals surface area contributed by atoms with Crippen LogP contribution in [0, 0.1) is 10.1 Å². The van der Waals surface area contributed by atoms with Gasteiger partial charge in [0.25, 0.3) is 5.69 Å². The lowest BCUT2D eigenvalue weighted by molar-refractivity contribution is -0.384. The molecular formula is C30H34N4O7S. The molecule has 0 fully saturated rings. The van der Waals surface area contributed by atoms with Gasteiger partial charge in [-0.1, -0.05) is 12.1 Å². The van der Waals surface area contributed by atoms with Crippen molar-refractivity contribution in [1.82, 2.24) is 9.29 Å². The van der Waals surface area contributed by atoms with Gasteiger partial charge in [-0.15, -0.1) is 0 Å². The van der Waals surface area contributed by atoms with Crippen molar-refractivity contribution in [3.8, 4) is 17.2 Å². The van der Waals surface area contributed by atoms with Crippen molar-refractivity contribution in [2.45, 2.75) is 37.2 Å². The summed E-state index contributed by atoms with van der Waals surface area (Å²) in [6.45, 7) is 2.32. The van der Waals surface area contributed by atoms with Crippen LogP contribution in [0.2, 0.25) is 0 Å². The zero-order valence-corrected chi connectivity index (χ0v) is 24.8. The number of non-ortho nitro benzene ring substituents is 1. The van der Waals surface area contributed by atoms with E-state index in [0.29, 0.717) is 35.7 Å². The molecule has 4 rings (SSSR count). The Kier molecular flexibility index (Phi) is 9.81. The van der Waals surface area contributed by atoms with Crippen LogP contribution in [0.25, 0.3) is 10.9 Å². The number of ether oxygens (including phenoxy) is 3. The number of anilines is 1. The van der Waals surface area contributed by atoms with E-state index in [1.54, 1.807) is 31.5 Å². The number of pyridine rings is 1. The van der Waals surface area contributed by atoms with E-state index in [9.17, 15) is 18.5 Å². The summed E-state index contributed by atoms with van der Waals surface area (Å²) in [4.78, 5) is 15.0. The minimum atomic E-state index is -3.98. The largest absolute Gasteiger partial charge is 0.497 e. The molecule has 1 heterocycles. The molecule has 4 aromatic rings. The highest BCUT2D eigenvalue weighted by molar-refractivity contribution is 7.89. The zero-order chi connectivity index (χ0) is 30.3. The van der Waals surface area contributed by atoms with E-state index in [2.05, 4.69) is 10.3 Å². The molecule has 0 bridgehead atoms. The van der Waals surface area contributed by atoms with Gasteiger partial charge in [0.1, 0.15) is 5.75 Å². The quantitative estimate of drug-likeness (QED) is 0.145. The van der Waals surface area contributed by atoms with Crippen molar-refractivity contribution in [1.29, 1.82) is 0 Å². The van der Waals surface area contributed by atoms with Crippen molar-refractivity contribution in [3.63, 3.8) is 0 Å². The summed E-state index contributed by atoms with van der Waals surface area (Å²) in [6.07, 6.45) is 2.94. The van der Waals surface area contributed by atoms with Gasteiger partial charge in [-0.25, -0.2) is 8.42 Å². The topological polar surface area (TPSA) is 133 Å². The molecule has 0 saturated carbocycles. The normalized spacial score (nSPS) is 12.2. The molecular weight excluding hydrogens is 560 g/mol. The second-order valence-corrected chi connectivity index (χ2v) is 11.7. The minimum absolute atomic E-state index is 0.00711. The number of benzene rings is 3. The smallest absolute Gasteiger partial charge is 0.269 e. The third kappa shape index (κ3) is 7.07. The van der Waals surface area contributed by atoms with Gasteiger partial charge in [-0.05, 0) is 61.7 Å². The van der Waals surface area contributed by atoms with E-state index in [1.165, 1.54) is 42.8 Å². The SMILES string of the molecule is COc1cc(NC(C)CCCN(Cc2ccc(OC)c(OC)c2)S(=O)(=O)c2ccc([N+](=O)[O-])cc2)c2ncccc2c1. The predicted molar refractivity (Wildman–Crippen MR) is 161 cm³/mol. The molecule has 12 heteroatoms. The third-order valence-electron chi connectivity index (χ3n) is 6.85. The average molecular weight is 595 g/mol. The molecule has 0 radical (unpaired) electrons. The number of nitrogens with zero attached hydrogens (tertiary/aromatic N) is 3. The van der Waals surface area contributed by atoms with Crippen molar-refractivity contribution in [3.05, 3.63) is 88.6 Å². The summed E-state index contributed by atoms with van der Waals surface area (Å²) in [5.74, 6) is 1.73. The van der Waals surface area contributed by atoms with Gasteiger partial charge in [-0.2, -0.15) is 4.31 Å². The molecule has 1 unspecified atom stereocenters. The lowest BCUT2D eigenvalue weighted by Crippen LogP contribution is -2.32. The number of hydrogen-bond acceptors (Lipinski definition) is 9. The Morgan fingerprint density at radius 3 is 2.38 bits per heavy atom. The van der Waals surface area contributed by atoms with E-state index in [-0.39, 0.29) is 29.7 Å². The van der Waals surface area contributed by atoms with Gasteiger partial charge in [0, 0.05) is 48.9 Å². The Morgan fingerprint density at radius 2 is 1.71 bits per heavy atom. The highest BCUT2D eigenvalue weighted by Crippen LogP contribution is 2.31. The standard InChI is InChI=1S/C30H34N4O7S/c1-21(32-27-19-25(39-2)18-23-8-5-15-31-30(23)27)7-6-16-33(20-22-9-14-28(40-3)29(17-22)41-4)42(37,38)26-12-10-24(11-13-26)34(35)36/h5,8-15,17-19,21,32H,6-7,16,20H2,1-4H3. The Balaban J connectivity index is 1.54. The van der Waals surface area contributed by atoms with Crippen molar-refractivity contribution in [2.75, 3.05) is 33.2 Å². The van der Waals surface area contributed by atoms with Crippen LogP contribution in [-0.2, 0) is 16.6 Å². The molecule has 0 amide bonds. The summed E-state index contributed by atoms with van der Waals surface area (Å²) in [6, 6.07) is 17.8. The van der Waals surface area contributed by atoms with Crippen molar-refractivity contribution < 1.29 is 27.6 Å². The number of nitro benzene ring substituents is 1. The fourth-order valence-electron chi connectivity index (χ4n) is 4.66. The van der Waals surface area contributed by atoms with Crippen LogP contribution >= 0.6 is 0 Å². The number of fused-ring (bicyclic) bond motifs is 1. The summed E-state index contributed by atoms with van der Waals surface area (Å²) in [7, 11) is 0.681. The first-order valence-electron chi connectivity index (χ1n) is 13.3. The van der Waals surface area contributed by atoms with Crippen LogP contribution in [0.1, 0.15) is 25.3 Å². The van der Waals surface area contributed by atoms with Crippen LogP contribution in [0.15, 0.2) is 77.8 Å². The van der Waals surface area contributed by atoms with Crippen LogP contribution in [0.4, 0.5) is 11.4 Å². The average Bonchev–Trinajstić information content (AvgIpc) is 3.00. The lowest BCUT2D eigenvalue weighted by atomic mass is 10.1. The van der Waals surface area contributed by atoms with Gasteiger partial charge < -0.3 is 19.5 Å². The van der Waals surface area contributed by atoms with Crippen LogP contribution in [0.3, 0.4) is 0 Å². The Morgan fingerprint density at radius 1 is 0.976 bits per heavy atom. The molecule has 0 aliphatic carbocycles. The van der Waals surface area contributed by atoms with E-state index < -0.39 is 14.9 Å². The number of methoxy groups -OCH3 is 3. The predicted octanol–water partition coefficient (Wildman–Crippen LogP) is 5.64. The first-order valence-corrected chi connectivity index (χ1v) is 14.7. The lowest BCUT2D eigenvalue weighted by Gasteiger charge is -2.24. The molecule has 1 aromatic heterocycles. The number of nitro groups is 1. The summed E-state index contributed by atoms with van der Waals surface area (Å²) >= 11 is 0. The fourth-order valence-corrected chi connectivity index (χ4v) is 6.13. The highest BCUT2D eigenvalue weighted by atomic mass is 32.2. The van der Waals surface area contributed by atoms with Gasteiger partial charge >= 0.3 is 0 Å². The second-order valence-electron chi connectivity index (χ2n) is 9.72. The number of rotatable bonds is 14. The van der Waals surface area contributed by atoms with Gasteiger partial charge in [-0.3, -0.25) is 15.1 Å². The minimum Gasteiger partial charge on any atom is -0.497 e. The Hall–Kier alpha value is -4.42. The third-order valence-corrected chi connectivity index (χ3v) is 8.71. The molecule has 0 aliphatic rings. The number of sulfonamides is 1. The monoisotopic (exact) mass is 594 g/mol. The number of aromatic nitrogens is 1. The van der Waals surface area contributed by atoms with Gasteiger partial charge in [0.05, 0.1) is 42.4 Å². The summed E-state index contributed by atoms with van der Waals surface area (Å²) in [5.41, 5.74) is 2.18. The Labute approximate surface area is 245 Å². The molecule has 0 saturated heterocycles. The van der Waals surface area contributed by atoms with E-state index in [1.807, 2.05) is 31.2 Å². The second kappa shape index (κ2) is 13.5. The number of nitrogens with one attached hydrogen (secondary N) is 1. The van der Waals surface area contributed by atoms with E-state index in [4.69, 9.17) is 14.2 Å². The maximum atomic E-state index is 13.7. The molecule has 0 spiro atoms. The highest BCUT2D eigenvalue weighted by Gasteiger charge is 2.26. The van der Waals surface area contributed by atoms with Crippen molar-refractivity contribution in [2.24, 2.45) is 0 Å². The van der Waals surface area contributed by atoms with Crippen LogP contribution in [-0.4, -0.2) is 56.5 Å². The van der Waals surface area contributed by atoms with E-state index >= 15 is 0 Å². The molecule has 1 atom stereocenters. The molecule has 3 aromatic carbocycles. The molecule has 1 N–H and O–H groups in total. The maximum Gasteiger partial charge on any atom is 0.269 e. The fraction of sp³-hybridized carbons (Fsp3) is 0.300. The molecule has 222 valence electrons. The first-order chi connectivity index (χ1) is 20.2. The van der Waals surface area contributed by atoms with Crippen LogP contribution in [0.5, 0.6) is 17.2 Å². The molecule has 42 heavy (non-hydrogen) atoms.